The molecule has 16 heavy (non-hydrogen) atoms. The van der Waals surface area contributed by atoms with E-state index < -0.39 is 0 Å². The topological polar surface area (TPSA) is 25.2 Å². The zero-order valence-electron chi connectivity index (χ0n) is 10.4. The maximum absolute atomic E-state index is 9.92. The van der Waals surface area contributed by atoms with Crippen LogP contribution in [0.1, 0.15) is 69.4 Å². The van der Waals surface area contributed by atoms with Gasteiger partial charge in [-0.2, -0.15) is 0 Å². The standard InChI is InChI=1S/C14H23NO/c1-3-4-6-11(2)15-10-9-12-13(15)7-5-8-14(12)16/h9-11,14,16H,3-8H2,1-2H3. The summed E-state index contributed by atoms with van der Waals surface area (Å²) < 4.78 is 2.38. The molecule has 0 aromatic carbocycles. The van der Waals surface area contributed by atoms with Crippen LogP contribution >= 0.6 is 0 Å². The van der Waals surface area contributed by atoms with E-state index >= 15 is 0 Å². The van der Waals surface area contributed by atoms with Gasteiger partial charge in [0.1, 0.15) is 0 Å². The summed E-state index contributed by atoms with van der Waals surface area (Å²) in [7, 11) is 0. The molecule has 1 aliphatic carbocycles. The number of hydrogen-bond donors (Lipinski definition) is 1. The summed E-state index contributed by atoms with van der Waals surface area (Å²) in [6.07, 6.45) is 8.93. The molecule has 0 bridgehead atoms. The average Bonchev–Trinajstić information content (AvgIpc) is 2.71. The molecule has 1 N–H and O–H groups in total. The molecule has 0 fully saturated rings. The fourth-order valence-corrected chi connectivity index (χ4v) is 2.74. The average molecular weight is 221 g/mol. The fourth-order valence-electron chi connectivity index (χ4n) is 2.74. The van der Waals surface area contributed by atoms with Crippen molar-refractivity contribution in [1.82, 2.24) is 4.57 Å². The Morgan fingerprint density at radius 2 is 2.38 bits per heavy atom. The van der Waals surface area contributed by atoms with E-state index in [9.17, 15) is 5.11 Å². The monoisotopic (exact) mass is 221 g/mol. The molecule has 2 rings (SSSR count). The summed E-state index contributed by atoms with van der Waals surface area (Å²) in [4.78, 5) is 0. The maximum atomic E-state index is 9.92. The molecule has 2 nitrogen and oxygen atoms in total. The number of aromatic nitrogens is 1. The molecular weight excluding hydrogens is 198 g/mol. The number of aliphatic hydroxyl groups excluding tert-OH is 1. The van der Waals surface area contributed by atoms with E-state index in [1.165, 1.54) is 30.5 Å². The highest BCUT2D eigenvalue weighted by Gasteiger charge is 2.22. The van der Waals surface area contributed by atoms with Crippen LogP contribution < -0.4 is 0 Å². The normalized spacial score (nSPS) is 21.8. The van der Waals surface area contributed by atoms with Crippen LogP contribution in [0.15, 0.2) is 12.3 Å². The van der Waals surface area contributed by atoms with Crippen molar-refractivity contribution in [2.75, 3.05) is 0 Å². The van der Waals surface area contributed by atoms with Gasteiger partial charge in [0, 0.05) is 23.5 Å². The van der Waals surface area contributed by atoms with E-state index in [4.69, 9.17) is 0 Å². The first-order valence-corrected chi connectivity index (χ1v) is 6.61. The number of unbranched alkanes of at least 4 members (excludes halogenated alkanes) is 1. The van der Waals surface area contributed by atoms with Crippen molar-refractivity contribution in [2.45, 2.75) is 64.5 Å². The third-order valence-electron chi connectivity index (χ3n) is 3.76. The summed E-state index contributed by atoms with van der Waals surface area (Å²) in [5.41, 5.74) is 2.55. The second-order valence-corrected chi connectivity index (χ2v) is 5.02. The van der Waals surface area contributed by atoms with E-state index in [2.05, 4.69) is 30.7 Å². The molecule has 90 valence electrons. The van der Waals surface area contributed by atoms with Gasteiger partial charge in [-0.1, -0.05) is 19.8 Å². The van der Waals surface area contributed by atoms with E-state index in [1.54, 1.807) is 0 Å². The molecule has 1 aliphatic rings. The summed E-state index contributed by atoms with van der Waals surface area (Å²) in [6, 6.07) is 2.69. The minimum Gasteiger partial charge on any atom is -0.388 e. The number of rotatable bonds is 4. The lowest BCUT2D eigenvalue weighted by molar-refractivity contribution is 0.155. The lowest BCUT2D eigenvalue weighted by atomic mass is 9.95. The highest BCUT2D eigenvalue weighted by atomic mass is 16.3. The largest absolute Gasteiger partial charge is 0.388 e. The molecule has 2 unspecified atom stereocenters. The predicted molar refractivity (Wildman–Crippen MR) is 66.6 cm³/mol. The van der Waals surface area contributed by atoms with Gasteiger partial charge in [-0.05, 0) is 38.7 Å². The second kappa shape index (κ2) is 5.05. The van der Waals surface area contributed by atoms with Gasteiger partial charge in [0.15, 0.2) is 0 Å². The predicted octanol–water partition coefficient (Wildman–Crippen LogP) is 3.61. The van der Waals surface area contributed by atoms with Crippen molar-refractivity contribution in [3.05, 3.63) is 23.5 Å². The van der Waals surface area contributed by atoms with Crippen molar-refractivity contribution >= 4 is 0 Å². The lowest BCUT2D eigenvalue weighted by Gasteiger charge is -2.23. The third-order valence-corrected chi connectivity index (χ3v) is 3.76. The summed E-state index contributed by atoms with van der Waals surface area (Å²) in [6.45, 7) is 4.53. The first kappa shape index (κ1) is 11.7. The van der Waals surface area contributed by atoms with Crippen molar-refractivity contribution in [2.24, 2.45) is 0 Å². The van der Waals surface area contributed by atoms with Crippen LogP contribution in [0.5, 0.6) is 0 Å². The van der Waals surface area contributed by atoms with Crippen molar-refractivity contribution in [1.29, 1.82) is 0 Å². The Morgan fingerprint density at radius 1 is 1.56 bits per heavy atom. The Bertz CT molecular complexity index is 343. The molecule has 2 atom stereocenters. The van der Waals surface area contributed by atoms with Crippen LogP contribution in [0.25, 0.3) is 0 Å². The quantitative estimate of drug-likeness (QED) is 0.825. The number of hydrogen-bond acceptors (Lipinski definition) is 1. The molecule has 0 amide bonds. The Kier molecular flexibility index (Phi) is 3.70. The minimum atomic E-state index is -0.219. The maximum Gasteiger partial charge on any atom is 0.0807 e. The molecule has 0 radical (unpaired) electrons. The summed E-state index contributed by atoms with van der Waals surface area (Å²) >= 11 is 0. The van der Waals surface area contributed by atoms with Crippen LogP contribution in [-0.4, -0.2) is 9.67 Å². The van der Waals surface area contributed by atoms with Crippen LogP contribution in [0.3, 0.4) is 0 Å². The van der Waals surface area contributed by atoms with Crippen LogP contribution in [-0.2, 0) is 6.42 Å². The zero-order valence-corrected chi connectivity index (χ0v) is 10.4. The van der Waals surface area contributed by atoms with E-state index in [1.807, 2.05) is 0 Å². The first-order valence-electron chi connectivity index (χ1n) is 6.61. The van der Waals surface area contributed by atoms with Gasteiger partial charge in [0.25, 0.3) is 0 Å². The van der Waals surface area contributed by atoms with Crippen molar-refractivity contribution in [3.63, 3.8) is 0 Å². The Labute approximate surface area is 98.3 Å². The number of nitrogens with zero attached hydrogens (tertiary/aromatic N) is 1. The minimum absolute atomic E-state index is 0.219. The van der Waals surface area contributed by atoms with Gasteiger partial charge in [0.05, 0.1) is 6.10 Å². The molecule has 0 spiro atoms. The van der Waals surface area contributed by atoms with E-state index in [0.717, 1.165) is 19.3 Å². The van der Waals surface area contributed by atoms with Crippen LogP contribution in [0, 0.1) is 0 Å². The first-order chi connectivity index (χ1) is 7.74. The third kappa shape index (κ3) is 2.17. The smallest absolute Gasteiger partial charge is 0.0807 e. The van der Waals surface area contributed by atoms with E-state index in [-0.39, 0.29) is 6.10 Å². The molecule has 0 saturated heterocycles. The molecular formula is C14H23NO. The van der Waals surface area contributed by atoms with Gasteiger partial charge in [-0.25, -0.2) is 0 Å². The van der Waals surface area contributed by atoms with Gasteiger partial charge in [-0.15, -0.1) is 0 Å². The highest BCUT2D eigenvalue weighted by molar-refractivity contribution is 5.27. The number of aliphatic hydroxyl groups is 1. The zero-order chi connectivity index (χ0) is 11.5. The fraction of sp³-hybridized carbons (Fsp3) is 0.714. The van der Waals surface area contributed by atoms with Crippen LogP contribution in [0.4, 0.5) is 0 Å². The molecule has 2 heteroatoms. The van der Waals surface area contributed by atoms with Gasteiger partial charge in [-0.3, -0.25) is 0 Å². The Hall–Kier alpha value is -0.760. The Balaban J connectivity index is 2.16. The summed E-state index contributed by atoms with van der Waals surface area (Å²) in [5, 5.41) is 9.92. The van der Waals surface area contributed by atoms with Gasteiger partial charge in [0.2, 0.25) is 0 Å². The molecule has 0 aliphatic heterocycles. The molecule has 1 aromatic heterocycles. The SMILES string of the molecule is CCCCC(C)n1ccc2c1CCCC2O. The highest BCUT2D eigenvalue weighted by Crippen LogP contribution is 2.32. The molecule has 0 saturated carbocycles. The molecule has 1 aromatic rings. The Morgan fingerprint density at radius 3 is 3.12 bits per heavy atom. The van der Waals surface area contributed by atoms with Crippen molar-refractivity contribution in [3.8, 4) is 0 Å². The summed E-state index contributed by atoms with van der Waals surface area (Å²) in [5.74, 6) is 0. The molecule has 1 heterocycles. The lowest BCUT2D eigenvalue weighted by Crippen LogP contribution is -2.14. The number of fused-ring (bicyclic) bond motifs is 1. The van der Waals surface area contributed by atoms with Gasteiger partial charge < -0.3 is 9.67 Å². The van der Waals surface area contributed by atoms with Gasteiger partial charge >= 0.3 is 0 Å². The van der Waals surface area contributed by atoms with Crippen molar-refractivity contribution < 1.29 is 5.11 Å². The van der Waals surface area contributed by atoms with Crippen LogP contribution in [0.2, 0.25) is 0 Å². The second-order valence-electron chi connectivity index (χ2n) is 5.02. The van der Waals surface area contributed by atoms with E-state index in [0.29, 0.717) is 6.04 Å².